The van der Waals surface area contributed by atoms with E-state index < -0.39 is 0 Å². The fourth-order valence-corrected chi connectivity index (χ4v) is 2.12. The number of hydrogen-bond acceptors (Lipinski definition) is 4. The lowest BCUT2D eigenvalue weighted by atomic mass is 10.1. The van der Waals surface area contributed by atoms with E-state index in [0.29, 0.717) is 0 Å². The van der Waals surface area contributed by atoms with Crippen molar-refractivity contribution in [2.45, 2.75) is 39.7 Å². The summed E-state index contributed by atoms with van der Waals surface area (Å²) in [4.78, 5) is 9.26. The minimum Gasteiger partial charge on any atom is -0.383 e. The van der Waals surface area contributed by atoms with Gasteiger partial charge in [0.1, 0.15) is 5.82 Å². The average Bonchev–Trinajstić information content (AvgIpc) is 3.11. The predicted molar refractivity (Wildman–Crippen MR) is 71.5 cm³/mol. The smallest absolute Gasteiger partial charge is 0.129 e. The maximum atomic E-state index is 5.02. The van der Waals surface area contributed by atoms with Gasteiger partial charge < -0.3 is 10.1 Å². The first kappa shape index (κ1) is 13.4. The van der Waals surface area contributed by atoms with Gasteiger partial charge in [-0.25, -0.2) is 9.97 Å². The van der Waals surface area contributed by atoms with E-state index in [4.69, 9.17) is 4.74 Å². The van der Waals surface area contributed by atoms with Crippen LogP contribution in [-0.2, 0) is 17.7 Å². The Morgan fingerprint density at radius 3 is 2.44 bits per heavy atom. The number of ether oxygens (including phenoxy) is 1. The summed E-state index contributed by atoms with van der Waals surface area (Å²) in [6, 6.07) is 0. The van der Waals surface area contributed by atoms with Gasteiger partial charge in [-0.1, -0.05) is 0 Å². The molecular formula is C14H23N3O. The highest BCUT2D eigenvalue weighted by molar-refractivity contribution is 5.24. The van der Waals surface area contributed by atoms with Gasteiger partial charge in [0.15, 0.2) is 0 Å². The third kappa shape index (κ3) is 3.75. The number of rotatable bonds is 7. The topological polar surface area (TPSA) is 47.0 Å². The lowest BCUT2D eigenvalue weighted by molar-refractivity contribution is 0.199. The standard InChI is InChI=1S/C14H23N3O/c1-10-13(9-15-6-7-18-3)11(2)17-14(16-10)8-12-4-5-12/h12,15H,4-9H2,1-3H3. The molecule has 0 atom stereocenters. The fraction of sp³-hybridized carbons (Fsp3) is 0.714. The van der Waals surface area contributed by atoms with E-state index in [-0.39, 0.29) is 0 Å². The van der Waals surface area contributed by atoms with Crippen molar-refractivity contribution >= 4 is 0 Å². The lowest BCUT2D eigenvalue weighted by Gasteiger charge is -2.11. The molecule has 0 amide bonds. The van der Waals surface area contributed by atoms with E-state index in [1.54, 1.807) is 7.11 Å². The molecule has 100 valence electrons. The van der Waals surface area contributed by atoms with Crippen molar-refractivity contribution in [3.63, 3.8) is 0 Å². The SMILES string of the molecule is COCCNCc1c(C)nc(CC2CC2)nc1C. The Hall–Kier alpha value is -1.00. The van der Waals surface area contributed by atoms with E-state index >= 15 is 0 Å². The Balaban J connectivity index is 1.96. The fourth-order valence-electron chi connectivity index (χ4n) is 2.12. The normalized spacial score (nSPS) is 15.1. The van der Waals surface area contributed by atoms with Crippen LogP contribution in [0.5, 0.6) is 0 Å². The van der Waals surface area contributed by atoms with Gasteiger partial charge in [0.05, 0.1) is 6.61 Å². The summed E-state index contributed by atoms with van der Waals surface area (Å²) < 4.78 is 5.02. The van der Waals surface area contributed by atoms with Gasteiger partial charge in [-0.2, -0.15) is 0 Å². The first-order valence-corrected chi connectivity index (χ1v) is 6.73. The van der Waals surface area contributed by atoms with Crippen molar-refractivity contribution < 1.29 is 4.74 Å². The number of nitrogens with one attached hydrogen (secondary N) is 1. The van der Waals surface area contributed by atoms with Gasteiger partial charge in [-0.05, 0) is 32.6 Å². The van der Waals surface area contributed by atoms with Crippen molar-refractivity contribution in [1.29, 1.82) is 0 Å². The maximum Gasteiger partial charge on any atom is 0.129 e. The quantitative estimate of drug-likeness (QED) is 0.748. The van der Waals surface area contributed by atoms with Crippen molar-refractivity contribution in [2.24, 2.45) is 5.92 Å². The minimum absolute atomic E-state index is 0.735. The number of methoxy groups -OCH3 is 1. The first-order chi connectivity index (χ1) is 8.70. The predicted octanol–water partition coefficient (Wildman–Crippen LogP) is 1.78. The lowest BCUT2D eigenvalue weighted by Crippen LogP contribution is -2.21. The third-order valence-corrected chi connectivity index (χ3v) is 3.42. The second kappa shape index (κ2) is 6.25. The van der Waals surface area contributed by atoms with E-state index in [1.807, 2.05) is 0 Å². The van der Waals surface area contributed by atoms with E-state index in [2.05, 4.69) is 29.1 Å². The Kier molecular flexibility index (Phi) is 4.66. The Morgan fingerprint density at radius 2 is 1.89 bits per heavy atom. The second-order valence-corrected chi connectivity index (χ2v) is 5.11. The first-order valence-electron chi connectivity index (χ1n) is 6.73. The third-order valence-electron chi connectivity index (χ3n) is 3.42. The van der Waals surface area contributed by atoms with E-state index in [1.165, 1.54) is 18.4 Å². The summed E-state index contributed by atoms with van der Waals surface area (Å²) in [5.74, 6) is 1.86. The molecule has 4 heteroatoms. The highest BCUT2D eigenvalue weighted by Crippen LogP contribution is 2.31. The molecule has 2 rings (SSSR count). The second-order valence-electron chi connectivity index (χ2n) is 5.11. The number of aryl methyl sites for hydroxylation is 2. The van der Waals surface area contributed by atoms with Crippen molar-refractivity contribution in [3.05, 3.63) is 22.8 Å². The van der Waals surface area contributed by atoms with Gasteiger partial charge in [-0.15, -0.1) is 0 Å². The molecule has 0 aliphatic heterocycles. The molecule has 0 bridgehead atoms. The van der Waals surface area contributed by atoms with Crippen LogP contribution >= 0.6 is 0 Å². The van der Waals surface area contributed by atoms with Gasteiger partial charge >= 0.3 is 0 Å². The number of aromatic nitrogens is 2. The zero-order valence-electron chi connectivity index (χ0n) is 11.6. The molecule has 0 aromatic carbocycles. The van der Waals surface area contributed by atoms with Gasteiger partial charge in [0.2, 0.25) is 0 Å². The van der Waals surface area contributed by atoms with Crippen LogP contribution < -0.4 is 5.32 Å². The molecule has 0 unspecified atom stereocenters. The average molecular weight is 249 g/mol. The summed E-state index contributed by atoms with van der Waals surface area (Å²) in [6.45, 7) is 6.58. The molecule has 1 aromatic rings. The van der Waals surface area contributed by atoms with E-state index in [9.17, 15) is 0 Å². The van der Waals surface area contributed by atoms with Crippen molar-refractivity contribution in [1.82, 2.24) is 15.3 Å². The molecule has 0 radical (unpaired) electrons. The molecule has 4 nitrogen and oxygen atoms in total. The summed E-state index contributed by atoms with van der Waals surface area (Å²) in [7, 11) is 1.72. The van der Waals surface area contributed by atoms with Crippen LogP contribution in [0.4, 0.5) is 0 Å². The monoisotopic (exact) mass is 249 g/mol. The number of hydrogen-bond donors (Lipinski definition) is 1. The summed E-state index contributed by atoms with van der Waals surface area (Å²) in [6.07, 6.45) is 3.75. The van der Waals surface area contributed by atoms with Crippen LogP contribution in [-0.4, -0.2) is 30.2 Å². The van der Waals surface area contributed by atoms with Crippen LogP contribution in [0.1, 0.15) is 35.6 Å². The van der Waals surface area contributed by atoms with Crippen LogP contribution in [0.15, 0.2) is 0 Å². The summed E-state index contributed by atoms with van der Waals surface area (Å²) >= 11 is 0. The molecule has 18 heavy (non-hydrogen) atoms. The van der Waals surface area contributed by atoms with Crippen LogP contribution in [0, 0.1) is 19.8 Å². The Bertz CT molecular complexity index is 379. The number of nitrogens with zero attached hydrogens (tertiary/aromatic N) is 2. The van der Waals surface area contributed by atoms with Crippen LogP contribution in [0.3, 0.4) is 0 Å². The highest BCUT2D eigenvalue weighted by Gasteiger charge is 2.23. The van der Waals surface area contributed by atoms with Crippen LogP contribution in [0.25, 0.3) is 0 Å². The Labute approximate surface area is 109 Å². The largest absolute Gasteiger partial charge is 0.383 e. The molecule has 1 aliphatic carbocycles. The molecule has 1 fully saturated rings. The molecule has 1 aliphatic rings. The summed E-state index contributed by atoms with van der Waals surface area (Å²) in [5, 5.41) is 3.35. The van der Waals surface area contributed by atoms with E-state index in [0.717, 1.165) is 49.2 Å². The zero-order valence-corrected chi connectivity index (χ0v) is 11.6. The molecule has 1 N–H and O–H groups in total. The molecule has 1 aromatic heterocycles. The van der Waals surface area contributed by atoms with Gasteiger partial charge in [0, 0.05) is 43.6 Å². The van der Waals surface area contributed by atoms with Gasteiger partial charge in [-0.3, -0.25) is 0 Å². The van der Waals surface area contributed by atoms with Gasteiger partial charge in [0.25, 0.3) is 0 Å². The van der Waals surface area contributed by atoms with Crippen molar-refractivity contribution in [3.8, 4) is 0 Å². The molecule has 0 saturated heterocycles. The molecule has 1 saturated carbocycles. The Morgan fingerprint density at radius 1 is 1.22 bits per heavy atom. The maximum absolute atomic E-state index is 5.02. The van der Waals surface area contributed by atoms with Crippen LogP contribution in [0.2, 0.25) is 0 Å². The van der Waals surface area contributed by atoms with Crippen molar-refractivity contribution in [2.75, 3.05) is 20.3 Å². The molecular weight excluding hydrogens is 226 g/mol. The minimum atomic E-state index is 0.735. The molecule has 1 heterocycles. The molecule has 0 spiro atoms. The zero-order chi connectivity index (χ0) is 13.0. The highest BCUT2D eigenvalue weighted by atomic mass is 16.5. The summed E-state index contributed by atoms with van der Waals surface area (Å²) in [5.41, 5.74) is 3.46.